The van der Waals surface area contributed by atoms with E-state index in [1.807, 2.05) is 0 Å². The molecule has 1 heteroatoms. The fourth-order valence-electron chi connectivity index (χ4n) is 1.13. The first-order valence-electron chi connectivity index (χ1n) is 2.86. The van der Waals surface area contributed by atoms with Gasteiger partial charge in [0, 0.05) is 19.1 Å². The number of hydrogen-bond acceptors (Lipinski definition) is 1. The van der Waals surface area contributed by atoms with Crippen LogP contribution in [0.3, 0.4) is 0 Å². The standard InChI is InChI=1S/C6H9N/c1-2-4-7-5-6(7)3-1/h1-2,6H,3-5H2/t6-,7?/m1/s1. The molecule has 0 N–H and O–H groups in total. The van der Waals surface area contributed by atoms with E-state index in [0.29, 0.717) is 0 Å². The molecule has 0 aromatic carbocycles. The zero-order valence-electron chi connectivity index (χ0n) is 4.30. The summed E-state index contributed by atoms with van der Waals surface area (Å²) >= 11 is 0. The summed E-state index contributed by atoms with van der Waals surface area (Å²) < 4.78 is 0. The van der Waals surface area contributed by atoms with E-state index < -0.39 is 0 Å². The van der Waals surface area contributed by atoms with Gasteiger partial charge in [0.2, 0.25) is 0 Å². The highest BCUT2D eigenvalue weighted by atomic mass is 15.3. The van der Waals surface area contributed by atoms with Gasteiger partial charge in [-0.05, 0) is 6.42 Å². The van der Waals surface area contributed by atoms with E-state index in [0.717, 1.165) is 6.04 Å². The number of nitrogens with zero attached hydrogens (tertiary/aromatic N) is 1. The highest BCUT2D eigenvalue weighted by Crippen LogP contribution is 2.23. The Balaban J connectivity index is 2.10. The molecule has 1 fully saturated rings. The molecule has 2 atom stereocenters. The van der Waals surface area contributed by atoms with Gasteiger partial charge in [0.1, 0.15) is 0 Å². The molecule has 2 aliphatic rings. The SMILES string of the molecule is C1=CCN2C[C@H]2C1. The van der Waals surface area contributed by atoms with Gasteiger partial charge >= 0.3 is 0 Å². The maximum absolute atomic E-state index is 2.47. The minimum absolute atomic E-state index is 0.949. The van der Waals surface area contributed by atoms with E-state index in [2.05, 4.69) is 17.1 Å². The van der Waals surface area contributed by atoms with E-state index in [1.165, 1.54) is 19.5 Å². The summed E-state index contributed by atoms with van der Waals surface area (Å²) in [6, 6.07) is 0.949. The van der Waals surface area contributed by atoms with Crippen LogP contribution in [0.1, 0.15) is 6.42 Å². The Morgan fingerprint density at radius 3 is 3.00 bits per heavy atom. The minimum Gasteiger partial charge on any atom is -0.294 e. The summed E-state index contributed by atoms with van der Waals surface area (Å²) in [5.74, 6) is 0. The van der Waals surface area contributed by atoms with Gasteiger partial charge in [0.25, 0.3) is 0 Å². The third-order valence-electron chi connectivity index (χ3n) is 1.74. The van der Waals surface area contributed by atoms with Gasteiger partial charge < -0.3 is 0 Å². The van der Waals surface area contributed by atoms with Gasteiger partial charge in [-0.15, -0.1) is 0 Å². The Kier molecular flexibility index (Phi) is 0.577. The van der Waals surface area contributed by atoms with Crippen molar-refractivity contribution in [3.8, 4) is 0 Å². The van der Waals surface area contributed by atoms with Gasteiger partial charge in [0.05, 0.1) is 0 Å². The predicted molar refractivity (Wildman–Crippen MR) is 29.1 cm³/mol. The number of fused-ring (bicyclic) bond motifs is 1. The van der Waals surface area contributed by atoms with Crippen LogP contribution in [0.5, 0.6) is 0 Å². The summed E-state index contributed by atoms with van der Waals surface area (Å²) in [7, 11) is 0. The fraction of sp³-hybridized carbons (Fsp3) is 0.667. The first-order valence-corrected chi connectivity index (χ1v) is 2.86. The molecular weight excluding hydrogens is 86.1 g/mol. The van der Waals surface area contributed by atoms with E-state index in [4.69, 9.17) is 0 Å². The van der Waals surface area contributed by atoms with Crippen molar-refractivity contribution in [1.82, 2.24) is 4.90 Å². The lowest BCUT2D eigenvalue weighted by Gasteiger charge is -2.00. The Morgan fingerprint density at radius 1 is 1.43 bits per heavy atom. The van der Waals surface area contributed by atoms with Crippen LogP contribution in [-0.2, 0) is 0 Å². The van der Waals surface area contributed by atoms with Crippen molar-refractivity contribution in [2.24, 2.45) is 0 Å². The Bertz CT molecular complexity index is 94.7. The summed E-state index contributed by atoms with van der Waals surface area (Å²) in [5.41, 5.74) is 0. The Hall–Kier alpha value is -0.300. The first-order chi connectivity index (χ1) is 3.47. The maximum atomic E-state index is 2.47. The van der Waals surface area contributed by atoms with Gasteiger partial charge in [-0.2, -0.15) is 0 Å². The molecule has 0 bridgehead atoms. The molecule has 38 valence electrons. The molecule has 2 aliphatic heterocycles. The zero-order valence-corrected chi connectivity index (χ0v) is 4.30. The molecule has 1 nitrogen and oxygen atoms in total. The van der Waals surface area contributed by atoms with Crippen molar-refractivity contribution in [1.29, 1.82) is 0 Å². The fourth-order valence-corrected chi connectivity index (χ4v) is 1.13. The third-order valence-corrected chi connectivity index (χ3v) is 1.74. The van der Waals surface area contributed by atoms with Crippen molar-refractivity contribution in [2.75, 3.05) is 13.1 Å². The second-order valence-electron chi connectivity index (χ2n) is 2.31. The average Bonchev–Trinajstić information content (AvgIpc) is 2.41. The van der Waals surface area contributed by atoms with Gasteiger partial charge in [-0.25, -0.2) is 0 Å². The highest BCUT2D eigenvalue weighted by molar-refractivity contribution is 5.05. The molecule has 2 rings (SSSR count). The lowest BCUT2D eigenvalue weighted by Crippen LogP contribution is -2.04. The Morgan fingerprint density at radius 2 is 2.43 bits per heavy atom. The van der Waals surface area contributed by atoms with Gasteiger partial charge in [0.15, 0.2) is 0 Å². The van der Waals surface area contributed by atoms with Crippen molar-refractivity contribution < 1.29 is 0 Å². The normalized spacial score (nSPS) is 45.7. The van der Waals surface area contributed by atoms with Crippen LogP contribution in [0.2, 0.25) is 0 Å². The largest absolute Gasteiger partial charge is 0.294 e. The molecule has 0 spiro atoms. The monoisotopic (exact) mass is 95.1 g/mol. The molecule has 1 saturated heterocycles. The van der Waals surface area contributed by atoms with Gasteiger partial charge in [-0.1, -0.05) is 12.2 Å². The van der Waals surface area contributed by atoms with Crippen LogP contribution in [0, 0.1) is 0 Å². The first kappa shape index (κ1) is 3.67. The molecule has 0 aromatic heterocycles. The maximum Gasteiger partial charge on any atom is 0.0261 e. The lowest BCUT2D eigenvalue weighted by atomic mass is 10.3. The summed E-state index contributed by atoms with van der Waals surface area (Å²) in [6.45, 7) is 2.57. The molecule has 7 heavy (non-hydrogen) atoms. The van der Waals surface area contributed by atoms with Crippen molar-refractivity contribution >= 4 is 0 Å². The highest BCUT2D eigenvalue weighted by Gasteiger charge is 2.32. The van der Waals surface area contributed by atoms with Crippen LogP contribution in [0.4, 0.5) is 0 Å². The average molecular weight is 95.1 g/mol. The van der Waals surface area contributed by atoms with E-state index in [9.17, 15) is 0 Å². The summed E-state index contributed by atoms with van der Waals surface area (Å²) in [5, 5.41) is 0. The second-order valence-corrected chi connectivity index (χ2v) is 2.31. The van der Waals surface area contributed by atoms with Crippen molar-refractivity contribution in [3.63, 3.8) is 0 Å². The topological polar surface area (TPSA) is 3.01 Å². The molecule has 2 heterocycles. The molecule has 0 saturated carbocycles. The zero-order chi connectivity index (χ0) is 4.69. The van der Waals surface area contributed by atoms with E-state index >= 15 is 0 Å². The lowest BCUT2D eigenvalue weighted by molar-refractivity contribution is 0.546. The minimum atomic E-state index is 0.949. The summed E-state index contributed by atoms with van der Waals surface area (Å²) in [4.78, 5) is 2.47. The van der Waals surface area contributed by atoms with E-state index in [1.54, 1.807) is 0 Å². The predicted octanol–water partition coefficient (Wildman–Crippen LogP) is 0.630. The molecule has 0 aliphatic carbocycles. The van der Waals surface area contributed by atoms with Crippen LogP contribution < -0.4 is 0 Å². The number of hydrogen-bond donors (Lipinski definition) is 0. The van der Waals surface area contributed by atoms with Crippen LogP contribution in [0.15, 0.2) is 12.2 Å². The molecular formula is C6H9N. The van der Waals surface area contributed by atoms with Crippen molar-refractivity contribution in [2.45, 2.75) is 12.5 Å². The molecule has 0 radical (unpaired) electrons. The summed E-state index contributed by atoms with van der Waals surface area (Å²) in [6.07, 6.45) is 5.84. The molecule has 1 unspecified atom stereocenters. The van der Waals surface area contributed by atoms with Crippen molar-refractivity contribution in [3.05, 3.63) is 12.2 Å². The quantitative estimate of drug-likeness (QED) is 0.315. The van der Waals surface area contributed by atoms with E-state index in [-0.39, 0.29) is 0 Å². The molecule has 0 amide bonds. The van der Waals surface area contributed by atoms with Gasteiger partial charge in [-0.3, -0.25) is 4.90 Å². The second kappa shape index (κ2) is 1.10. The van der Waals surface area contributed by atoms with Crippen LogP contribution >= 0.6 is 0 Å². The third kappa shape index (κ3) is 0.484. The molecule has 0 aromatic rings. The number of rotatable bonds is 0. The Labute approximate surface area is 43.6 Å². The van der Waals surface area contributed by atoms with Crippen LogP contribution in [0.25, 0.3) is 0 Å². The van der Waals surface area contributed by atoms with Crippen LogP contribution in [-0.4, -0.2) is 24.0 Å². The smallest absolute Gasteiger partial charge is 0.0261 e.